The molecule has 0 aromatic heterocycles. The van der Waals surface area contributed by atoms with E-state index in [2.05, 4.69) is 21.3 Å². The zero-order valence-electron chi connectivity index (χ0n) is 18.0. The molecule has 0 radical (unpaired) electrons. The van der Waals surface area contributed by atoms with Gasteiger partial charge in [-0.25, -0.2) is 4.79 Å². The van der Waals surface area contributed by atoms with E-state index < -0.39 is 29.9 Å². The molecule has 1 fully saturated rings. The summed E-state index contributed by atoms with van der Waals surface area (Å²) in [5, 5.41) is 20.2. The van der Waals surface area contributed by atoms with Crippen molar-refractivity contribution in [3.05, 3.63) is 35.9 Å². The zero-order chi connectivity index (χ0) is 22.8. The van der Waals surface area contributed by atoms with Crippen molar-refractivity contribution in [2.75, 3.05) is 13.1 Å². The fraction of sp³-hybridized carbons (Fsp3) is 0.545. The average molecular weight is 433 g/mol. The van der Waals surface area contributed by atoms with Crippen LogP contribution in [0.25, 0.3) is 0 Å². The summed E-state index contributed by atoms with van der Waals surface area (Å²) < 4.78 is 0. The van der Waals surface area contributed by atoms with E-state index >= 15 is 0 Å². The molecule has 1 aliphatic heterocycles. The quantitative estimate of drug-likeness (QED) is 0.339. The molecule has 3 amide bonds. The van der Waals surface area contributed by atoms with Crippen molar-refractivity contribution < 1.29 is 24.3 Å². The topological polar surface area (TPSA) is 137 Å². The third kappa shape index (κ3) is 7.67. The monoisotopic (exact) mass is 432 g/mol. The Morgan fingerprint density at radius 2 is 1.87 bits per heavy atom. The van der Waals surface area contributed by atoms with E-state index in [0.717, 1.165) is 24.9 Å². The summed E-state index contributed by atoms with van der Waals surface area (Å²) in [7, 11) is 0. The standard InChI is InChI=1S/C22H32N4O5/c1-3-14(2)19(26-20(28)16-10-7-11-23-16)21(29)24-13-18(27)25-17(22(30)31)12-15-8-5-4-6-9-15/h4-6,8-9,14,16-17,19,23H,3,7,10-13H2,1-2H3,(H,24,29)(H,25,27)(H,26,28)(H,30,31). The van der Waals surface area contributed by atoms with Crippen molar-refractivity contribution in [2.45, 2.75) is 57.7 Å². The fourth-order valence-electron chi connectivity index (χ4n) is 3.44. The molecule has 4 atom stereocenters. The van der Waals surface area contributed by atoms with Crippen LogP contribution in [-0.4, -0.2) is 60.0 Å². The number of benzene rings is 1. The normalized spacial score (nSPS) is 18.5. The number of amides is 3. The Kier molecular flexibility index (Phi) is 9.45. The van der Waals surface area contributed by atoms with Gasteiger partial charge >= 0.3 is 5.97 Å². The molecule has 0 aliphatic carbocycles. The Hall–Kier alpha value is -2.94. The van der Waals surface area contributed by atoms with E-state index in [9.17, 15) is 24.3 Å². The summed E-state index contributed by atoms with van der Waals surface area (Å²) in [6.45, 7) is 4.17. The van der Waals surface area contributed by atoms with Gasteiger partial charge in [0.05, 0.1) is 12.6 Å². The van der Waals surface area contributed by atoms with Crippen LogP contribution >= 0.6 is 0 Å². The van der Waals surface area contributed by atoms with Crippen molar-refractivity contribution in [1.29, 1.82) is 0 Å². The van der Waals surface area contributed by atoms with E-state index in [1.807, 2.05) is 19.9 Å². The molecule has 1 aromatic carbocycles. The number of carboxylic acid groups (broad SMARTS) is 1. The molecule has 9 nitrogen and oxygen atoms in total. The second kappa shape index (κ2) is 12.0. The van der Waals surface area contributed by atoms with E-state index in [4.69, 9.17) is 0 Å². The lowest BCUT2D eigenvalue weighted by molar-refractivity contribution is -0.141. The maximum atomic E-state index is 12.7. The number of rotatable bonds is 11. The minimum absolute atomic E-state index is 0.127. The maximum absolute atomic E-state index is 12.7. The first-order valence-electron chi connectivity index (χ1n) is 10.7. The van der Waals surface area contributed by atoms with Crippen molar-refractivity contribution in [1.82, 2.24) is 21.3 Å². The van der Waals surface area contributed by atoms with Gasteiger partial charge in [0.2, 0.25) is 17.7 Å². The molecule has 1 aromatic rings. The molecule has 0 spiro atoms. The molecule has 4 unspecified atom stereocenters. The van der Waals surface area contributed by atoms with E-state index in [1.165, 1.54) is 0 Å². The SMILES string of the molecule is CCC(C)C(NC(=O)C1CCCN1)C(=O)NCC(=O)NC(Cc1ccccc1)C(=O)O. The fourth-order valence-corrected chi connectivity index (χ4v) is 3.44. The number of nitrogens with one attached hydrogen (secondary N) is 4. The highest BCUT2D eigenvalue weighted by atomic mass is 16.4. The lowest BCUT2D eigenvalue weighted by Crippen LogP contribution is -2.55. The number of carbonyl (C=O) groups excluding carboxylic acids is 3. The Labute approximate surface area is 182 Å². The molecule has 5 N–H and O–H groups in total. The largest absolute Gasteiger partial charge is 0.480 e. The number of hydrogen-bond donors (Lipinski definition) is 5. The molecule has 0 saturated carbocycles. The van der Waals surface area contributed by atoms with Gasteiger partial charge in [-0.2, -0.15) is 0 Å². The molecular formula is C22H32N4O5. The molecule has 1 heterocycles. The predicted octanol–water partition coefficient (Wildman–Crippen LogP) is 0.198. The Morgan fingerprint density at radius 1 is 1.16 bits per heavy atom. The first-order valence-corrected chi connectivity index (χ1v) is 10.7. The van der Waals surface area contributed by atoms with Crippen LogP contribution in [0, 0.1) is 5.92 Å². The van der Waals surface area contributed by atoms with Gasteiger partial charge in [-0.3, -0.25) is 14.4 Å². The van der Waals surface area contributed by atoms with Crippen LogP contribution in [0.2, 0.25) is 0 Å². The van der Waals surface area contributed by atoms with Gasteiger partial charge in [0.1, 0.15) is 12.1 Å². The molecule has 31 heavy (non-hydrogen) atoms. The lowest BCUT2D eigenvalue weighted by atomic mass is 9.97. The van der Waals surface area contributed by atoms with Crippen LogP contribution in [-0.2, 0) is 25.6 Å². The smallest absolute Gasteiger partial charge is 0.326 e. The molecule has 9 heteroatoms. The van der Waals surface area contributed by atoms with E-state index in [-0.39, 0.29) is 30.8 Å². The van der Waals surface area contributed by atoms with E-state index in [1.54, 1.807) is 24.3 Å². The van der Waals surface area contributed by atoms with Crippen molar-refractivity contribution in [2.24, 2.45) is 5.92 Å². The van der Waals surface area contributed by atoms with E-state index in [0.29, 0.717) is 6.42 Å². The first-order chi connectivity index (χ1) is 14.8. The molecule has 1 saturated heterocycles. The molecule has 0 bridgehead atoms. The van der Waals surface area contributed by atoms with Crippen LogP contribution in [0.1, 0.15) is 38.7 Å². The lowest BCUT2D eigenvalue weighted by Gasteiger charge is -2.25. The summed E-state index contributed by atoms with van der Waals surface area (Å²) in [5.41, 5.74) is 0.777. The number of aliphatic carboxylic acids is 1. The minimum atomic E-state index is -1.16. The van der Waals surface area contributed by atoms with Gasteiger partial charge in [0, 0.05) is 6.42 Å². The first kappa shape index (κ1) is 24.3. The van der Waals surface area contributed by atoms with Gasteiger partial charge in [0.15, 0.2) is 0 Å². The van der Waals surface area contributed by atoms with Crippen molar-refractivity contribution >= 4 is 23.7 Å². The maximum Gasteiger partial charge on any atom is 0.326 e. The van der Waals surface area contributed by atoms with Gasteiger partial charge in [-0.05, 0) is 30.9 Å². The Balaban J connectivity index is 1.89. The molecule has 2 rings (SSSR count). The van der Waals surface area contributed by atoms with Crippen LogP contribution in [0.3, 0.4) is 0 Å². The third-order valence-electron chi connectivity index (χ3n) is 5.51. The van der Waals surface area contributed by atoms with Gasteiger partial charge in [-0.1, -0.05) is 50.6 Å². The second-order valence-electron chi connectivity index (χ2n) is 7.89. The average Bonchev–Trinajstić information content (AvgIpc) is 3.30. The molecule has 170 valence electrons. The Bertz CT molecular complexity index is 764. The van der Waals surface area contributed by atoms with Gasteiger partial charge in [-0.15, -0.1) is 0 Å². The summed E-state index contributed by atoms with van der Waals surface area (Å²) >= 11 is 0. The van der Waals surface area contributed by atoms with Gasteiger partial charge < -0.3 is 26.4 Å². The Morgan fingerprint density at radius 3 is 2.45 bits per heavy atom. The van der Waals surface area contributed by atoms with Crippen LogP contribution in [0.15, 0.2) is 30.3 Å². The van der Waals surface area contributed by atoms with Crippen LogP contribution in [0.4, 0.5) is 0 Å². The highest BCUT2D eigenvalue weighted by Crippen LogP contribution is 2.11. The van der Waals surface area contributed by atoms with Crippen molar-refractivity contribution in [3.8, 4) is 0 Å². The third-order valence-corrected chi connectivity index (χ3v) is 5.51. The predicted molar refractivity (Wildman–Crippen MR) is 115 cm³/mol. The van der Waals surface area contributed by atoms with Gasteiger partial charge in [0.25, 0.3) is 0 Å². The van der Waals surface area contributed by atoms with Crippen molar-refractivity contribution in [3.63, 3.8) is 0 Å². The highest BCUT2D eigenvalue weighted by molar-refractivity contribution is 5.92. The molecular weight excluding hydrogens is 400 g/mol. The second-order valence-corrected chi connectivity index (χ2v) is 7.89. The van der Waals surface area contributed by atoms with Crippen LogP contribution in [0.5, 0.6) is 0 Å². The highest BCUT2D eigenvalue weighted by Gasteiger charge is 2.30. The summed E-state index contributed by atoms with van der Waals surface area (Å²) in [5.74, 6) is -2.58. The molecule has 1 aliphatic rings. The number of carbonyl (C=O) groups is 4. The summed E-state index contributed by atoms with van der Waals surface area (Å²) in [6.07, 6.45) is 2.43. The summed E-state index contributed by atoms with van der Waals surface area (Å²) in [6, 6.07) is 6.78. The van der Waals surface area contributed by atoms with Crippen LogP contribution < -0.4 is 21.3 Å². The number of carboxylic acids is 1. The number of hydrogen-bond acceptors (Lipinski definition) is 5. The zero-order valence-corrected chi connectivity index (χ0v) is 18.0. The summed E-state index contributed by atoms with van der Waals surface area (Å²) in [4.78, 5) is 48.8. The minimum Gasteiger partial charge on any atom is -0.480 e.